The molecule has 0 aliphatic heterocycles. The fourth-order valence-corrected chi connectivity index (χ4v) is 2.71. The van der Waals surface area contributed by atoms with E-state index in [0.29, 0.717) is 12.3 Å². The maximum Gasteiger partial charge on any atom is 0.225 e. The number of nitrogens with one attached hydrogen (secondary N) is 2. The van der Waals surface area contributed by atoms with Gasteiger partial charge in [-0.25, -0.2) is 0 Å². The molecule has 0 radical (unpaired) electrons. The highest BCUT2D eigenvalue weighted by Crippen LogP contribution is 2.25. The Bertz CT molecular complexity index is 378. The zero-order chi connectivity index (χ0) is 12.8. The van der Waals surface area contributed by atoms with Gasteiger partial charge in [-0.3, -0.25) is 9.89 Å². The molecule has 2 rings (SSSR count). The molecule has 4 nitrogen and oxygen atoms in total. The van der Waals surface area contributed by atoms with Crippen LogP contribution in [0.1, 0.15) is 57.4 Å². The Kier molecular flexibility index (Phi) is 4.79. The molecular weight excluding hydrogens is 226 g/mol. The van der Waals surface area contributed by atoms with Gasteiger partial charge in [0, 0.05) is 12.0 Å². The van der Waals surface area contributed by atoms with Gasteiger partial charge in [-0.15, -0.1) is 0 Å². The Labute approximate surface area is 109 Å². The van der Waals surface area contributed by atoms with E-state index in [4.69, 9.17) is 0 Å². The molecule has 1 aliphatic carbocycles. The van der Waals surface area contributed by atoms with E-state index in [1.165, 1.54) is 38.5 Å². The number of aromatic nitrogens is 2. The van der Waals surface area contributed by atoms with Gasteiger partial charge in [0.2, 0.25) is 5.91 Å². The molecule has 1 aromatic heterocycles. The molecular formula is C14H23N3O. The van der Waals surface area contributed by atoms with E-state index in [9.17, 15) is 4.79 Å². The number of anilines is 1. The van der Waals surface area contributed by atoms with Crippen molar-refractivity contribution in [1.29, 1.82) is 0 Å². The Morgan fingerprint density at radius 1 is 1.39 bits per heavy atom. The first-order valence-electron chi connectivity index (χ1n) is 7.11. The summed E-state index contributed by atoms with van der Waals surface area (Å²) < 4.78 is 0. The van der Waals surface area contributed by atoms with Crippen molar-refractivity contribution in [2.75, 3.05) is 5.32 Å². The molecule has 0 saturated heterocycles. The lowest BCUT2D eigenvalue weighted by Crippen LogP contribution is -2.17. The first kappa shape index (κ1) is 13.1. The lowest BCUT2D eigenvalue weighted by Gasteiger charge is -2.13. The quantitative estimate of drug-likeness (QED) is 0.805. The molecule has 1 fully saturated rings. The Hall–Kier alpha value is -1.32. The Balaban J connectivity index is 1.84. The zero-order valence-corrected chi connectivity index (χ0v) is 11.2. The smallest absolute Gasteiger partial charge is 0.225 e. The zero-order valence-electron chi connectivity index (χ0n) is 11.2. The van der Waals surface area contributed by atoms with E-state index in [1.54, 1.807) is 6.20 Å². The average molecular weight is 249 g/mol. The molecule has 0 spiro atoms. The van der Waals surface area contributed by atoms with Crippen molar-refractivity contribution in [2.45, 2.75) is 58.3 Å². The topological polar surface area (TPSA) is 57.8 Å². The predicted molar refractivity (Wildman–Crippen MR) is 72.4 cm³/mol. The highest BCUT2D eigenvalue weighted by Gasteiger charge is 2.17. The van der Waals surface area contributed by atoms with Gasteiger partial charge in [0.25, 0.3) is 0 Å². The molecule has 1 amide bonds. The number of hydrogen-bond donors (Lipinski definition) is 2. The number of carbonyl (C=O) groups excluding carboxylic acids is 1. The number of carbonyl (C=O) groups is 1. The van der Waals surface area contributed by atoms with Crippen LogP contribution in [0.3, 0.4) is 0 Å². The number of H-pyrrole nitrogens is 1. The standard InChI is InChI=1S/C14H23N3O/c1-2-12-10-15-17-14(12)16-13(18)9-11-7-5-3-4-6-8-11/h10-11H,2-9H2,1H3,(H2,15,16,17,18). The van der Waals surface area contributed by atoms with Crippen LogP contribution in [0.5, 0.6) is 0 Å². The molecule has 0 unspecified atom stereocenters. The first-order chi connectivity index (χ1) is 8.79. The van der Waals surface area contributed by atoms with Gasteiger partial charge in [0.05, 0.1) is 6.20 Å². The largest absolute Gasteiger partial charge is 0.311 e. The maximum absolute atomic E-state index is 12.0. The minimum absolute atomic E-state index is 0.126. The Morgan fingerprint density at radius 3 is 2.78 bits per heavy atom. The molecule has 1 heterocycles. The van der Waals surface area contributed by atoms with Gasteiger partial charge in [0.15, 0.2) is 0 Å². The second kappa shape index (κ2) is 6.57. The number of hydrogen-bond acceptors (Lipinski definition) is 2. The molecule has 1 aliphatic rings. The van der Waals surface area contributed by atoms with Crippen LogP contribution < -0.4 is 5.32 Å². The van der Waals surface area contributed by atoms with Crippen molar-refractivity contribution in [3.63, 3.8) is 0 Å². The van der Waals surface area contributed by atoms with Gasteiger partial charge in [-0.2, -0.15) is 5.10 Å². The fourth-order valence-electron chi connectivity index (χ4n) is 2.71. The molecule has 4 heteroatoms. The van der Waals surface area contributed by atoms with Crippen molar-refractivity contribution in [2.24, 2.45) is 5.92 Å². The summed E-state index contributed by atoms with van der Waals surface area (Å²) in [6.45, 7) is 2.06. The van der Waals surface area contributed by atoms with Crippen molar-refractivity contribution in [1.82, 2.24) is 10.2 Å². The van der Waals surface area contributed by atoms with Crippen LogP contribution in [-0.2, 0) is 11.2 Å². The third-order valence-electron chi connectivity index (χ3n) is 3.81. The molecule has 1 saturated carbocycles. The molecule has 18 heavy (non-hydrogen) atoms. The minimum atomic E-state index is 0.126. The fraction of sp³-hybridized carbons (Fsp3) is 0.714. The van der Waals surface area contributed by atoms with E-state index < -0.39 is 0 Å². The predicted octanol–water partition coefficient (Wildman–Crippen LogP) is 3.27. The van der Waals surface area contributed by atoms with Crippen molar-refractivity contribution in [3.8, 4) is 0 Å². The van der Waals surface area contributed by atoms with Crippen LogP contribution in [-0.4, -0.2) is 16.1 Å². The molecule has 0 bridgehead atoms. The molecule has 1 aromatic rings. The summed E-state index contributed by atoms with van der Waals surface area (Å²) in [5, 5.41) is 9.78. The van der Waals surface area contributed by atoms with Crippen LogP contribution in [0.4, 0.5) is 5.82 Å². The van der Waals surface area contributed by atoms with Gasteiger partial charge in [-0.1, -0.05) is 32.6 Å². The van der Waals surface area contributed by atoms with Gasteiger partial charge < -0.3 is 5.32 Å². The summed E-state index contributed by atoms with van der Waals surface area (Å²) in [4.78, 5) is 12.0. The Morgan fingerprint density at radius 2 is 2.11 bits per heavy atom. The summed E-state index contributed by atoms with van der Waals surface area (Å²) in [6.07, 6.45) is 11.0. The molecule has 2 N–H and O–H groups in total. The summed E-state index contributed by atoms with van der Waals surface area (Å²) in [5.74, 6) is 1.47. The first-order valence-corrected chi connectivity index (χ1v) is 7.11. The maximum atomic E-state index is 12.0. The van der Waals surface area contributed by atoms with Gasteiger partial charge >= 0.3 is 0 Å². The van der Waals surface area contributed by atoms with Gasteiger partial charge in [-0.05, 0) is 25.2 Å². The lowest BCUT2D eigenvalue weighted by atomic mass is 9.96. The third-order valence-corrected chi connectivity index (χ3v) is 3.81. The number of nitrogens with zero attached hydrogens (tertiary/aromatic N) is 1. The van der Waals surface area contributed by atoms with E-state index >= 15 is 0 Å². The molecule has 0 atom stereocenters. The van der Waals surface area contributed by atoms with Crippen LogP contribution in [0.25, 0.3) is 0 Å². The second-order valence-corrected chi connectivity index (χ2v) is 5.23. The van der Waals surface area contributed by atoms with Crippen molar-refractivity contribution >= 4 is 11.7 Å². The van der Waals surface area contributed by atoms with E-state index in [1.807, 2.05) is 0 Å². The summed E-state index contributed by atoms with van der Waals surface area (Å²) >= 11 is 0. The summed E-state index contributed by atoms with van der Waals surface area (Å²) in [5.41, 5.74) is 1.07. The van der Waals surface area contributed by atoms with E-state index in [-0.39, 0.29) is 5.91 Å². The van der Waals surface area contributed by atoms with Crippen LogP contribution in [0.2, 0.25) is 0 Å². The molecule has 100 valence electrons. The highest BCUT2D eigenvalue weighted by molar-refractivity contribution is 5.90. The van der Waals surface area contributed by atoms with Gasteiger partial charge in [0.1, 0.15) is 5.82 Å². The SMILES string of the molecule is CCc1cn[nH]c1NC(=O)CC1CCCCCC1. The number of aryl methyl sites for hydroxylation is 1. The van der Waals surface area contributed by atoms with Crippen molar-refractivity contribution < 1.29 is 4.79 Å². The van der Waals surface area contributed by atoms with Crippen LogP contribution in [0.15, 0.2) is 6.20 Å². The highest BCUT2D eigenvalue weighted by atomic mass is 16.1. The average Bonchev–Trinajstić information content (AvgIpc) is 2.64. The van der Waals surface area contributed by atoms with Crippen LogP contribution in [0, 0.1) is 5.92 Å². The number of rotatable bonds is 4. The summed E-state index contributed by atoms with van der Waals surface area (Å²) in [7, 11) is 0. The monoisotopic (exact) mass is 249 g/mol. The molecule has 0 aromatic carbocycles. The summed E-state index contributed by atoms with van der Waals surface area (Å²) in [6, 6.07) is 0. The number of amides is 1. The van der Waals surface area contributed by atoms with Crippen molar-refractivity contribution in [3.05, 3.63) is 11.8 Å². The number of aromatic amines is 1. The lowest BCUT2D eigenvalue weighted by molar-refractivity contribution is -0.117. The minimum Gasteiger partial charge on any atom is -0.311 e. The van der Waals surface area contributed by atoms with E-state index in [2.05, 4.69) is 22.4 Å². The van der Waals surface area contributed by atoms with Crippen LogP contribution >= 0.6 is 0 Å². The second-order valence-electron chi connectivity index (χ2n) is 5.23. The third kappa shape index (κ3) is 3.59. The normalized spacial score (nSPS) is 17.4. The van der Waals surface area contributed by atoms with E-state index in [0.717, 1.165) is 17.8 Å².